The van der Waals surface area contributed by atoms with E-state index in [-0.39, 0.29) is 12.3 Å². The maximum absolute atomic E-state index is 6.47. The lowest BCUT2D eigenvalue weighted by Crippen LogP contribution is -2.33. The summed E-state index contributed by atoms with van der Waals surface area (Å²) in [4.78, 5) is 1.20. The first-order chi connectivity index (χ1) is 13.7. The quantitative estimate of drug-likeness (QED) is 0.525. The first-order valence-electron chi connectivity index (χ1n) is 9.32. The van der Waals surface area contributed by atoms with Crippen molar-refractivity contribution in [3.8, 4) is 11.5 Å². The van der Waals surface area contributed by atoms with E-state index in [9.17, 15) is 0 Å². The average molecular weight is 411 g/mol. The molecule has 0 aliphatic carbocycles. The summed E-state index contributed by atoms with van der Waals surface area (Å²) in [5.74, 6) is 1.58. The number of ether oxygens (including phenoxy) is 2. The Hall–Kier alpha value is -2.50. The van der Waals surface area contributed by atoms with E-state index in [1.807, 2.05) is 43.3 Å². The third-order valence-electron chi connectivity index (χ3n) is 5.02. The highest BCUT2D eigenvalue weighted by atomic mass is 35.5. The lowest BCUT2D eigenvalue weighted by Gasteiger charge is -2.38. The molecule has 28 heavy (non-hydrogen) atoms. The Morgan fingerprint density at radius 2 is 2.11 bits per heavy atom. The third-order valence-corrected chi connectivity index (χ3v) is 6.17. The number of halogens is 1. The largest absolute Gasteiger partial charge is 0.490 e. The van der Waals surface area contributed by atoms with Crippen LogP contribution in [-0.4, -0.2) is 17.3 Å². The molecule has 0 radical (unpaired) electrons. The van der Waals surface area contributed by atoms with E-state index in [2.05, 4.69) is 28.6 Å². The molecule has 3 heterocycles. The van der Waals surface area contributed by atoms with E-state index >= 15 is 0 Å². The van der Waals surface area contributed by atoms with E-state index in [4.69, 9.17) is 26.2 Å². The molecule has 142 valence electrons. The SMILES string of the molecule is CCOc1cccc2c1O[C@H](c1cccc(Cl)c1)N1N=C(c3cccs3)C[C@H]21. The van der Waals surface area contributed by atoms with Crippen LogP contribution in [0.3, 0.4) is 0 Å². The molecule has 0 spiro atoms. The Bertz CT molecular complexity index is 1030. The summed E-state index contributed by atoms with van der Waals surface area (Å²) in [6.45, 7) is 2.57. The number of benzene rings is 2. The molecule has 6 heteroatoms. The normalized spacial score (nSPS) is 20.2. The predicted molar refractivity (Wildman–Crippen MR) is 112 cm³/mol. The van der Waals surface area contributed by atoms with E-state index in [1.54, 1.807) is 11.3 Å². The molecule has 0 fully saturated rings. The summed E-state index contributed by atoms with van der Waals surface area (Å²) >= 11 is 7.98. The predicted octanol–water partition coefficient (Wildman–Crippen LogP) is 6.04. The van der Waals surface area contributed by atoms with Crippen LogP contribution in [0.5, 0.6) is 11.5 Å². The van der Waals surface area contributed by atoms with Gasteiger partial charge in [-0.2, -0.15) is 5.10 Å². The molecular formula is C22H19ClN2O2S. The number of rotatable bonds is 4. The molecular weight excluding hydrogens is 392 g/mol. The van der Waals surface area contributed by atoms with Gasteiger partial charge in [-0.05, 0) is 36.6 Å². The van der Waals surface area contributed by atoms with Crippen LogP contribution in [0.15, 0.2) is 65.1 Å². The van der Waals surface area contributed by atoms with Gasteiger partial charge in [-0.25, -0.2) is 5.01 Å². The average Bonchev–Trinajstić information content (AvgIpc) is 3.38. The molecule has 1 aromatic heterocycles. The van der Waals surface area contributed by atoms with Gasteiger partial charge in [0.2, 0.25) is 6.23 Å². The lowest BCUT2D eigenvalue weighted by atomic mass is 9.97. The fraction of sp³-hybridized carbons (Fsp3) is 0.227. The van der Waals surface area contributed by atoms with E-state index in [0.717, 1.165) is 34.8 Å². The van der Waals surface area contributed by atoms with Crippen molar-refractivity contribution in [3.63, 3.8) is 0 Å². The molecule has 0 N–H and O–H groups in total. The second-order valence-electron chi connectivity index (χ2n) is 6.76. The maximum atomic E-state index is 6.47. The molecule has 2 atom stereocenters. The van der Waals surface area contributed by atoms with Gasteiger partial charge in [-0.15, -0.1) is 11.3 Å². The molecule has 3 aromatic rings. The van der Waals surface area contributed by atoms with Crippen molar-refractivity contribution in [1.82, 2.24) is 5.01 Å². The van der Waals surface area contributed by atoms with Crippen molar-refractivity contribution >= 4 is 28.6 Å². The van der Waals surface area contributed by atoms with Crippen molar-refractivity contribution in [3.05, 3.63) is 81.0 Å². The number of hydrogen-bond donors (Lipinski definition) is 0. The van der Waals surface area contributed by atoms with Gasteiger partial charge >= 0.3 is 0 Å². The van der Waals surface area contributed by atoms with Crippen LogP contribution in [0.1, 0.15) is 41.6 Å². The highest BCUT2D eigenvalue weighted by molar-refractivity contribution is 7.12. The second-order valence-corrected chi connectivity index (χ2v) is 8.14. The smallest absolute Gasteiger partial charge is 0.214 e. The molecule has 2 aliphatic heterocycles. The Kier molecular flexibility index (Phi) is 4.49. The minimum atomic E-state index is -0.352. The monoisotopic (exact) mass is 410 g/mol. The van der Waals surface area contributed by atoms with Crippen molar-refractivity contribution in [2.45, 2.75) is 25.6 Å². The van der Waals surface area contributed by atoms with Gasteiger partial charge in [0.1, 0.15) is 0 Å². The van der Waals surface area contributed by atoms with Crippen molar-refractivity contribution in [1.29, 1.82) is 0 Å². The molecule has 0 amide bonds. The van der Waals surface area contributed by atoms with E-state index in [0.29, 0.717) is 11.6 Å². The number of hydrogen-bond acceptors (Lipinski definition) is 5. The fourth-order valence-electron chi connectivity index (χ4n) is 3.82. The Labute approximate surface area is 173 Å². The molecule has 0 saturated carbocycles. The molecule has 0 bridgehead atoms. The van der Waals surface area contributed by atoms with E-state index < -0.39 is 0 Å². The van der Waals surface area contributed by atoms with Gasteiger partial charge in [0, 0.05) is 22.6 Å². The molecule has 0 saturated heterocycles. The van der Waals surface area contributed by atoms with Crippen LogP contribution in [0.4, 0.5) is 0 Å². The maximum Gasteiger partial charge on any atom is 0.214 e. The molecule has 2 aliphatic rings. The molecule has 0 unspecified atom stereocenters. The number of thiophene rings is 1. The second kappa shape index (κ2) is 7.15. The third kappa shape index (κ3) is 2.95. The van der Waals surface area contributed by atoms with Gasteiger partial charge in [-0.3, -0.25) is 0 Å². The summed E-state index contributed by atoms with van der Waals surface area (Å²) in [5.41, 5.74) is 3.18. The van der Waals surface area contributed by atoms with E-state index in [1.165, 1.54) is 4.88 Å². The Balaban J connectivity index is 1.63. The van der Waals surface area contributed by atoms with Crippen LogP contribution in [-0.2, 0) is 0 Å². The minimum Gasteiger partial charge on any atom is -0.490 e. The van der Waals surface area contributed by atoms with Crippen LogP contribution in [0.25, 0.3) is 0 Å². The van der Waals surface area contributed by atoms with Crippen LogP contribution < -0.4 is 9.47 Å². The Morgan fingerprint density at radius 3 is 2.89 bits per heavy atom. The van der Waals surface area contributed by atoms with Gasteiger partial charge in [0.15, 0.2) is 11.5 Å². The zero-order valence-electron chi connectivity index (χ0n) is 15.3. The minimum absolute atomic E-state index is 0.102. The number of fused-ring (bicyclic) bond motifs is 3. The van der Waals surface area contributed by atoms with Crippen molar-refractivity contribution in [2.75, 3.05) is 6.61 Å². The lowest BCUT2D eigenvalue weighted by molar-refractivity contribution is -0.0212. The van der Waals surface area contributed by atoms with Crippen LogP contribution in [0, 0.1) is 0 Å². The van der Waals surface area contributed by atoms with Gasteiger partial charge < -0.3 is 9.47 Å². The fourth-order valence-corrected chi connectivity index (χ4v) is 4.74. The zero-order chi connectivity index (χ0) is 19.1. The van der Waals surface area contributed by atoms with Crippen LogP contribution >= 0.6 is 22.9 Å². The zero-order valence-corrected chi connectivity index (χ0v) is 16.9. The van der Waals surface area contributed by atoms with Gasteiger partial charge in [0.05, 0.1) is 23.2 Å². The number of hydrazone groups is 1. The molecule has 5 rings (SSSR count). The number of para-hydroxylation sites is 1. The summed E-state index contributed by atoms with van der Waals surface area (Å²) in [6.07, 6.45) is 0.485. The summed E-state index contributed by atoms with van der Waals surface area (Å²) < 4.78 is 12.3. The topological polar surface area (TPSA) is 34.1 Å². The summed E-state index contributed by atoms with van der Waals surface area (Å²) in [7, 11) is 0. The summed E-state index contributed by atoms with van der Waals surface area (Å²) in [5, 5.41) is 9.80. The standard InChI is InChI=1S/C22H19ClN2O2S/c1-2-26-19-9-4-8-16-18-13-17(20-10-5-11-28-20)24-25(18)22(27-21(16)19)14-6-3-7-15(23)12-14/h3-12,18,22H,2,13H2,1H3/t18-,22-/m1/s1. The van der Waals surface area contributed by atoms with Gasteiger partial charge in [-0.1, -0.05) is 41.9 Å². The molecule has 2 aromatic carbocycles. The summed E-state index contributed by atoms with van der Waals surface area (Å²) in [6, 6.07) is 18.2. The first-order valence-corrected chi connectivity index (χ1v) is 10.6. The van der Waals surface area contributed by atoms with Crippen LogP contribution in [0.2, 0.25) is 5.02 Å². The highest BCUT2D eigenvalue weighted by Crippen LogP contribution is 2.51. The van der Waals surface area contributed by atoms with Crippen molar-refractivity contribution < 1.29 is 9.47 Å². The highest BCUT2D eigenvalue weighted by Gasteiger charge is 2.42. The van der Waals surface area contributed by atoms with Gasteiger partial charge in [0.25, 0.3) is 0 Å². The Morgan fingerprint density at radius 1 is 1.21 bits per heavy atom. The van der Waals surface area contributed by atoms with Crippen molar-refractivity contribution in [2.24, 2.45) is 5.10 Å². The molecule has 4 nitrogen and oxygen atoms in total. The number of nitrogens with zero attached hydrogens (tertiary/aromatic N) is 2. The first kappa shape index (κ1) is 17.6.